The molecule has 1 aromatic heterocycles. The average Bonchev–Trinajstić information content (AvgIpc) is 3.11. The molecule has 6 nitrogen and oxygen atoms in total. The Morgan fingerprint density at radius 3 is 2.38 bits per heavy atom. The van der Waals surface area contributed by atoms with E-state index in [1.54, 1.807) is 60.7 Å². The summed E-state index contributed by atoms with van der Waals surface area (Å²) in [5.41, 5.74) is -1.42. The molecule has 0 saturated heterocycles. The van der Waals surface area contributed by atoms with Crippen LogP contribution >= 0.6 is 22.9 Å². The number of halogens is 1. The molecular weight excluding hydrogens is 490 g/mol. The van der Waals surface area contributed by atoms with Crippen molar-refractivity contribution >= 4 is 49.7 Å². The van der Waals surface area contributed by atoms with Crippen LogP contribution in [0.2, 0.25) is 5.02 Å². The predicted octanol–water partition coefficient (Wildman–Crippen LogP) is 3.89. The molecule has 0 spiro atoms. The van der Waals surface area contributed by atoms with Gasteiger partial charge in [-0.05, 0) is 41.8 Å². The van der Waals surface area contributed by atoms with Gasteiger partial charge in [-0.15, -0.1) is 11.3 Å². The Morgan fingerprint density at radius 1 is 1.12 bits per heavy atom. The Balaban J connectivity index is 1.70. The third kappa shape index (κ3) is 4.04. The number of thiophene rings is 1. The first-order valence-corrected chi connectivity index (χ1v) is 14.0. The molecule has 0 amide bonds. The maximum absolute atomic E-state index is 13.2. The van der Waals surface area contributed by atoms with Crippen molar-refractivity contribution in [2.75, 3.05) is 12.0 Å². The van der Waals surface area contributed by atoms with Gasteiger partial charge in [0.15, 0.2) is 0 Å². The van der Waals surface area contributed by atoms with Crippen molar-refractivity contribution in [1.29, 1.82) is 0 Å². The van der Waals surface area contributed by atoms with Gasteiger partial charge >= 0.3 is 5.97 Å². The van der Waals surface area contributed by atoms with Crippen molar-refractivity contribution in [1.82, 2.24) is 4.72 Å². The van der Waals surface area contributed by atoms with Gasteiger partial charge in [-0.1, -0.05) is 54.1 Å². The first kappa shape index (κ1) is 23.1. The summed E-state index contributed by atoms with van der Waals surface area (Å²) in [5, 5.41) is 10.7. The van der Waals surface area contributed by atoms with Crippen molar-refractivity contribution in [3.63, 3.8) is 0 Å². The number of sulfonamides is 1. The second-order valence-electron chi connectivity index (χ2n) is 7.78. The largest absolute Gasteiger partial charge is 0.480 e. The minimum absolute atomic E-state index is 0.00885. The van der Waals surface area contributed by atoms with E-state index in [4.69, 9.17) is 11.6 Å². The summed E-state index contributed by atoms with van der Waals surface area (Å²) in [6, 6.07) is 18.9. The van der Waals surface area contributed by atoms with Crippen LogP contribution in [-0.4, -0.2) is 41.3 Å². The van der Waals surface area contributed by atoms with E-state index in [0.29, 0.717) is 15.5 Å². The lowest BCUT2D eigenvalue weighted by Crippen LogP contribution is -2.50. The monoisotopic (exact) mass is 509 g/mol. The van der Waals surface area contributed by atoms with Crippen LogP contribution in [0, 0.1) is 0 Å². The van der Waals surface area contributed by atoms with E-state index in [-0.39, 0.29) is 16.4 Å². The fourth-order valence-corrected chi connectivity index (χ4v) is 8.16. The first-order chi connectivity index (χ1) is 15.1. The Labute approximate surface area is 197 Å². The van der Waals surface area contributed by atoms with Crippen LogP contribution in [0.15, 0.2) is 70.9 Å². The molecule has 1 saturated carbocycles. The zero-order chi connectivity index (χ0) is 23.1. The quantitative estimate of drug-likeness (QED) is 0.480. The molecule has 2 N–H and O–H groups in total. The molecule has 1 fully saturated rings. The van der Waals surface area contributed by atoms with E-state index in [1.807, 2.05) is 0 Å². The van der Waals surface area contributed by atoms with Crippen molar-refractivity contribution < 1.29 is 22.5 Å². The molecule has 3 aromatic rings. The molecule has 1 heterocycles. The molecule has 1 aliphatic rings. The number of hydrogen-bond acceptors (Lipinski definition) is 5. The summed E-state index contributed by atoms with van der Waals surface area (Å²) >= 11 is 6.96. The lowest BCUT2D eigenvalue weighted by Gasteiger charge is -2.23. The standard InChI is InChI=1S/C22H20ClNO5S3/c1-31(27)14-21(16-5-3-2-4-6-16)13-22(21,20(25)26)24-32(28,29)19-12-11-18(30-19)15-7-9-17(23)10-8-15/h2-12,24H,13-14H2,1H3,(H,25,26). The van der Waals surface area contributed by atoms with Gasteiger partial charge in [0, 0.05) is 38.1 Å². The fourth-order valence-electron chi connectivity index (χ4n) is 4.09. The molecule has 1 aliphatic carbocycles. The third-order valence-electron chi connectivity index (χ3n) is 5.68. The van der Waals surface area contributed by atoms with Crippen LogP contribution in [0.4, 0.5) is 0 Å². The van der Waals surface area contributed by atoms with Crippen LogP contribution in [0.3, 0.4) is 0 Å². The van der Waals surface area contributed by atoms with E-state index >= 15 is 0 Å². The number of carboxylic acid groups (broad SMARTS) is 1. The SMILES string of the molecule is CS(=O)CC1(c2ccccc2)CC1(NS(=O)(=O)c1ccc(-c2ccc(Cl)cc2)s1)C(=O)O. The molecule has 3 atom stereocenters. The van der Waals surface area contributed by atoms with Gasteiger partial charge in [0.2, 0.25) is 0 Å². The molecule has 0 radical (unpaired) electrons. The Hall–Kier alpha value is -2.04. The topological polar surface area (TPSA) is 101 Å². The van der Waals surface area contributed by atoms with Gasteiger partial charge in [0.1, 0.15) is 9.75 Å². The summed E-state index contributed by atoms with van der Waals surface area (Å²) in [6.07, 6.45) is 1.51. The summed E-state index contributed by atoms with van der Waals surface area (Å²) in [4.78, 5) is 13.1. The normalized spacial score (nSPS) is 23.6. The summed E-state index contributed by atoms with van der Waals surface area (Å²) in [6.45, 7) is 0. The number of rotatable bonds is 8. The number of carboxylic acids is 1. The number of aliphatic carboxylic acids is 1. The van der Waals surface area contributed by atoms with Gasteiger partial charge < -0.3 is 5.11 Å². The van der Waals surface area contributed by atoms with Crippen molar-refractivity contribution in [2.45, 2.75) is 21.6 Å². The zero-order valence-corrected chi connectivity index (χ0v) is 20.2. The smallest absolute Gasteiger partial charge is 0.325 e. The van der Waals surface area contributed by atoms with Crippen molar-refractivity contribution in [2.24, 2.45) is 0 Å². The lowest BCUT2D eigenvalue weighted by molar-refractivity contribution is -0.140. The van der Waals surface area contributed by atoms with Gasteiger partial charge in [-0.2, -0.15) is 4.72 Å². The molecule has 2 aromatic carbocycles. The minimum Gasteiger partial charge on any atom is -0.480 e. The third-order valence-corrected chi connectivity index (χ3v) is 9.96. The van der Waals surface area contributed by atoms with Gasteiger partial charge in [0.05, 0.1) is 0 Å². The summed E-state index contributed by atoms with van der Waals surface area (Å²) in [7, 11) is -5.49. The first-order valence-electron chi connectivity index (χ1n) is 9.58. The van der Waals surface area contributed by atoms with E-state index in [9.17, 15) is 22.5 Å². The predicted molar refractivity (Wildman–Crippen MR) is 127 cm³/mol. The molecule has 0 bridgehead atoms. The van der Waals surface area contributed by atoms with Gasteiger partial charge in [0.25, 0.3) is 10.0 Å². The van der Waals surface area contributed by atoms with Gasteiger partial charge in [-0.25, -0.2) is 8.42 Å². The number of hydrogen-bond donors (Lipinski definition) is 2. The maximum atomic E-state index is 13.2. The van der Waals surface area contributed by atoms with Crippen LogP contribution < -0.4 is 4.72 Å². The highest BCUT2D eigenvalue weighted by molar-refractivity contribution is 7.91. The molecule has 32 heavy (non-hydrogen) atoms. The van der Waals surface area contributed by atoms with E-state index in [1.165, 1.54) is 12.3 Å². The Morgan fingerprint density at radius 2 is 1.78 bits per heavy atom. The molecule has 4 rings (SSSR count). The van der Waals surface area contributed by atoms with Crippen LogP contribution in [0.5, 0.6) is 0 Å². The highest BCUT2D eigenvalue weighted by atomic mass is 35.5. The molecule has 10 heteroatoms. The second kappa shape index (κ2) is 8.39. The van der Waals surface area contributed by atoms with Crippen molar-refractivity contribution in [3.05, 3.63) is 77.3 Å². The second-order valence-corrected chi connectivity index (χ2v) is 12.6. The van der Waals surface area contributed by atoms with Crippen LogP contribution in [0.25, 0.3) is 10.4 Å². The molecule has 0 aliphatic heterocycles. The fraction of sp³-hybridized carbons (Fsp3) is 0.227. The Bertz CT molecular complexity index is 1290. The van der Waals surface area contributed by atoms with E-state index < -0.39 is 37.7 Å². The highest BCUT2D eigenvalue weighted by Crippen LogP contribution is 2.59. The van der Waals surface area contributed by atoms with E-state index in [0.717, 1.165) is 16.9 Å². The van der Waals surface area contributed by atoms with E-state index in [2.05, 4.69) is 4.72 Å². The summed E-state index contributed by atoms with van der Waals surface area (Å²) in [5.74, 6) is -1.25. The number of nitrogens with one attached hydrogen (secondary N) is 1. The molecule has 168 valence electrons. The minimum atomic E-state index is -4.15. The van der Waals surface area contributed by atoms with Gasteiger partial charge in [-0.3, -0.25) is 9.00 Å². The van der Waals surface area contributed by atoms with Crippen LogP contribution in [-0.2, 0) is 31.0 Å². The zero-order valence-electron chi connectivity index (χ0n) is 16.9. The van der Waals surface area contributed by atoms with Crippen molar-refractivity contribution in [3.8, 4) is 10.4 Å². The summed E-state index contributed by atoms with van der Waals surface area (Å²) < 4.78 is 41.1. The lowest BCUT2D eigenvalue weighted by atomic mass is 9.92. The van der Waals surface area contributed by atoms with Crippen LogP contribution in [0.1, 0.15) is 12.0 Å². The molecular formula is C22H20ClNO5S3. The molecule has 3 unspecified atom stereocenters. The average molecular weight is 510 g/mol. The maximum Gasteiger partial charge on any atom is 0.325 e. The number of benzene rings is 2. The Kier molecular flexibility index (Phi) is 6.06. The number of carbonyl (C=O) groups is 1. The highest BCUT2D eigenvalue weighted by Gasteiger charge is 2.75.